The van der Waals surface area contributed by atoms with Crippen molar-refractivity contribution in [1.82, 2.24) is 10.6 Å². The molecular formula is C12H24IN3O2. The topological polar surface area (TPSA) is 54.9 Å². The van der Waals surface area contributed by atoms with Crippen LogP contribution in [0.2, 0.25) is 0 Å². The molecule has 1 aliphatic carbocycles. The SMILES string of the molecule is CN=C(NCC1(OC)CCOCC1)NC1CC1.I. The molecule has 0 aromatic heterocycles. The Kier molecular flexibility index (Phi) is 6.65. The van der Waals surface area contributed by atoms with Crippen molar-refractivity contribution in [1.29, 1.82) is 0 Å². The molecule has 0 bridgehead atoms. The minimum Gasteiger partial charge on any atom is -0.381 e. The molecule has 0 unspecified atom stereocenters. The first-order valence-electron chi connectivity index (χ1n) is 6.38. The molecule has 1 heterocycles. The number of hydrogen-bond acceptors (Lipinski definition) is 3. The number of halogens is 1. The number of ether oxygens (including phenoxy) is 2. The Hall–Kier alpha value is -0.0800. The van der Waals surface area contributed by atoms with E-state index >= 15 is 0 Å². The van der Waals surface area contributed by atoms with Crippen molar-refractivity contribution in [2.45, 2.75) is 37.3 Å². The van der Waals surface area contributed by atoms with Gasteiger partial charge >= 0.3 is 0 Å². The van der Waals surface area contributed by atoms with Crippen LogP contribution in [-0.4, -0.2) is 51.5 Å². The molecule has 1 aliphatic heterocycles. The van der Waals surface area contributed by atoms with E-state index in [1.54, 1.807) is 14.2 Å². The van der Waals surface area contributed by atoms with Crippen molar-refractivity contribution in [3.8, 4) is 0 Å². The second-order valence-electron chi connectivity index (χ2n) is 4.84. The standard InChI is InChI=1S/C12H23N3O2.HI/c1-13-11(15-10-3-4-10)14-9-12(16-2)5-7-17-8-6-12;/h10H,3-9H2,1-2H3,(H2,13,14,15);1H. The minimum absolute atomic E-state index is 0. The van der Waals surface area contributed by atoms with Gasteiger partial charge in [-0.2, -0.15) is 0 Å². The Bertz CT molecular complexity index is 276. The molecule has 0 aromatic rings. The third-order valence-electron chi connectivity index (χ3n) is 3.56. The van der Waals surface area contributed by atoms with E-state index in [1.165, 1.54) is 12.8 Å². The van der Waals surface area contributed by atoms with E-state index in [-0.39, 0.29) is 29.6 Å². The molecule has 0 spiro atoms. The molecule has 0 atom stereocenters. The minimum atomic E-state index is -0.0978. The van der Waals surface area contributed by atoms with Gasteiger partial charge in [-0.3, -0.25) is 4.99 Å². The number of hydrogen-bond donors (Lipinski definition) is 2. The average Bonchev–Trinajstić information content (AvgIpc) is 3.19. The van der Waals surface area contributed by atoms with Crippen LogP contribution in [0.4, 0.5) is 0 Å². The van der Waals surface area contributed by atoms with E-state index < -0.39 is 0 Å². The monoisotopic (exact) mass is 369 g/mol. The largest absolute Gasteiger partial charge is 0.381 e. The number of nitrogens with one attached hydrogen (secondary N) is 2. The zero-order chi connectivity index (χ0) is 12.1. The zero-order valence-electron chi connectivity index (χ0n) is 11.2. The fourth-order valence-corrected chi connectivity index (χ4v) is 2.06. The first-order chi connectivity index (χ1) is 8.28. The maximum absolute atomic E-state index is 5.67. The van der Waals surface area contributed by atoms with E-state index in [1.807, 2.05) is 0 Å². The van der Waals surface area contributed by atoms with Gasteiger partial charge < -0.3 is 20.1 Å². The van der Waals surface area contributed by atoms with Crippen LogP contribution in [0.3, 0.4) is 0 Å². The molecular weight excluding hydrogens is 345 g/mol. The molecule has 18 heavy (non-hydrogen) atoms. The smallest absolute Gasteiger partial charge is 0.191 e. The van der Waals surface area contributed by atoms with Crippen LogP contribution in [0.5, 0.6) is 0 Å². The van der Waals surface area contributed by atoms with Crippen molar-refractivity contribution in [2.75, 3.05) is 33.9 Å². The van der Waals surface area contributed by atoms with Gasteiger partial charge in [-0.05, 0) is 12.8 Å². The molecule has 2 rings (SSSR count). The molecule has 5 nitrogen and oxygen atoms in total. The van der Waals surface area contributed by atoms with Crippen LogP contribution in [0.1, 0.15) is 25.7 Å². The quantitative estimate of drug-likeness (QED) is 0.443. The van der Waals surface area contributed by atoms with E-state index in [0.717, 1.165) is 38.6 Å². The maximum Gasteiger partial charge on any atom is 0.191 e. The van der Waals surface area contributed by atoms with Crippen molar-refractivity contribution < 1.29 is 9.47 Å². The summed E-state index contributed by atoms with van der Waals surface area (Å²) in [5.41, 5.74) is -0.0978. The highest BCUT2D eigenvalue weighted by atomic mass is 127. The Labute approximate surface area is 126 Å². The number of aliphatic imine (C=N–C) groups is 1. The highest BCUT2D eigenvalue weighted by molar-refractivity contribution is 14.0. The Morgan fingerprint density at radius 2 is 2.06 bits per heavy atom. The molecule has 2 fully saturated rings. The molecule has 1 saturated carbocycles. The highest BCUT2D eigenvalue weighted by Crippen LogP contribution is 2.23. The Morgan fingerprint density at radius 1 is 1.39 bits per heavy atom. The lowest BCUT2D eigenvalue weighted by Crippen LogP contribution is -2.51. The molecule has 2 N–H and O–H groups in total. The number of nitrogens with zero attached hydrogens (tertiary/aromatic N) is 1. The van der Waals surface area contributed by atoms with Gasteiger partial charge in [0, 0.05) is 52.8 Å². The third-order valence-corrected chi connectivity index (χ3v) is 3.56. The van der Waals surface area contributed by atoms with E-state index in [4.69, 9.17) is 9.47 Å². The number of methoxy groups -OCH3 is 1. The average molecular weight is 369 g/mol. The second-order valence-corrected chi connectivity index (χ2v) is 4.84. The highest BCUT2D eigenvalue weighted by Gasteiger charge is 2.33. The molecule has 1 saturated heterocycles. The summed E-state index contributed by atoms with van der Waals surface area (Å²) in [7, 11) is 3.59. The summed E-state index contributed by atoms with van der Waals surface area (Å²) in [6.07, 6.45) is 4.39. The summed E-state index contributed by atoms with van der Waals surface area (Å²) in [5, 5.41) is 6.73. The second kappa shape index (κ2) is 7.49. The van der Waals surface area contributed by atoms with Gasteiger partial charge in [0.05, 0.1) is 5.60 Å². The van der Waals surface area contributed by atoms with Gasteiger partial charge in [-0.1, -0.05) is 0 Å². The summed E-state index contributed by atoms with van der Waals surface area (Å²) in [6, 6.07) is 0.620. The molecule has 106 valence electrons. The summed E-state index contributed by atoms with van der Waals surface area (Å²) < 4.78 is 11.0. The van der Waals surface area contributed by atoms with Crippen LogP contribution in [0.25, 0.3) is 0 Å². The lowest BCUT2D eigenvalue weighted by molar-refractivity contribution is -0.0855. The lowest BCUT2D eigenvalue weighted by atomic mass is 9.94. The Balaban J connectivity index is 0.00000162. The van der Waals surface area contributed by atoms with Crippen molar-refractivity contribution >= 4 is 29.9 Å². The fraction of sp³-hybridized carbons (Fsp3) is 0.917. The number of rotatable bonds is 4. The number of guanidine groups is 1. The molecule has 2 aliphatic rings. The summed E-state index contributed by atoms with van der Waals surface area (Å²) >= 11 is 0. The van der Waals surface area contributed by atoms with Crippen molar-refractivity contribution in [2.24, 2.45) is 4.99 Å². The fourth-order valence-electron chi connectivity index (χ4n) is 2.06. The first kappa shape index (κ1) is 16.0. The van der Waals surface area contributed by atoms with Crippen LogP contribution in [0.15, 0.2) is 4.99 Å². The van der Waals surface area contributed by atoms with Gasteiger partial charge in [0.1, 0.15) is 0 Å². The summed E-state index contributed by atoms with van der Waals surface area (Å²) in [6.45, 7) is 2.35. The molecule has 6 heteroatoms. The maximum atomic E-state index is 5.67. The van der Waals surface area contributed by atoms with Gasteiger partial charge in [0.25, 0.3) is 0 Å². The van der Waals surface area contributed by atoms with Crippen LogP contribution in [0, 0.1) is 0 Å². The van der Waals surface area contributed by atoms with E-state index in [0.29, 0.717) is 6.04 Å². The normalized spacial score (nSPS) is 23.1. The van der Waals surface area contributed by atoms with E-state index in [2.05, 4.69) is 15.6 Å². The summed E-state index contributed by atoms with van der Waals surface area (Å²) in [5.74, 6) is 0.885. The van der Waals surface area contributed by atoms with Gasteiger partial charge in [-0.15, -0.1) is 24.0 Å². The third kappa shape index (κ3) is 4.55. The van der Waals surface area contributed by atoms with Crippen LogP contribution >= 0.6 is 24.0 Å². The van der Waals surface area contributed by atoms with Crippen LogP contribution < -0.4 is 10.6 Å². The van der Waals surface area contributed by atoms with Gasteiger partial charge in [-0.25, -0.2) is 0 Å². The van der Waals surface area contributed by atoms with Crippen molar-refractivity contribution in [3.05, 3.63) is 0 Å². The summed E-state index contributed by atoms with van der Waals surface area (Å²) in [4.78, 5) is 4.23. The predicted molar refractivity (Wildman–Crippen MR) is 82.7 cm³/mol. The lowest BCUT2D eigenvalue weighted by Gasteiger charge is -2.36. The predicted octanol–water partition coefficient (Wildman–Crippen LogP) is 1.13. The molecule has 0 radical (unpaired) electrons. The van der Waals surface area contributed by atoms with Gasteiger partial charge in [0.15, 0.2) is 5.96 Å². The Morgan fingerprint density at radius 3 is 2.56 bits per heavy atom. The van der Waals surface area contributed by atoms with Crippen LogP contribution in [-0.2, 0) is 9.47 Å². The zero-order valence-corrected chi connectivity index (χ0v) is 13.5. The molecule has 0 amide bonds. The molecule has 0 aromatic carbocycles. The first-order valence-corrected chi connectivity index (χ1v) is 6.38. The van der Waals surface area contributed by atoms with Gasteiger partial charge in [0.2, 0.25) is 0 Å². The van der Waals surface area contributed by atoms with Crippen molar-refractivity contribution in [3.63, 3.8) is 0 Å². The van der Waals surface area contributed by atoms with E-state index in [9.17, 15) is 0 Å².